The van der Waals surface area contributed by atoms with Crippen molar-refractivity contribution in [2.45, 2.75) is 38.9 Å². The zero-order valence-corrected chi connectivity index (χ0v) is 18.3. The van der Waals surface area contributed by atoms with Gasteiger partial charge in [0.05, 0.1) is 13.2 Å². The third-order valence-corrected chi connectivity index (χ3v) is 7.21. The average Bonchev–Trinajstić information content (AvgIpc) is 3.34. The van der Waals surface area contributed by atoms with Gasteiger partial charge < -0.3 is 4.52 Å². The molecule has 158 valence electrons. The second kappa shape index (κ2) is 8.63. The van der Waals surface area contributed by atoms with E-state index in [2.05, 4.69) is 19.9 Å². The highest BCUT2D eigenvalue weighted by Gasteiger charge is 2.23. The molecule has 2 aromatic heterocycles. The van der Waals surface area contributed by atoms with Crippen LogP contribution in [0.1, 0.15) is 29.3 Å². The molecule has 0 N–H and O–H groups in total. The van der Waals surface area contributed by atoms with E-state index < -0.39 is 0 Å². The van der Waals surface area contributed by atoms with E-state index in [0.29, 0.717) is 30.0 Å². The lowest BCUT2D eigenvalue weighted by Crippen LogP contribution is -2.47. The Labute approximate surface area is 183 Å². The van der Waals surface area contributed by atoms with Crippen molar-refractivity contribution >= 4 is 22.9 Å². The summed E-state index contributed by atoms with van der Waals surface area (Å²) in [7, 11) is 0. The van der Waals surface area contributed by atoms with E-state index in [1.165, 1.54) is 34.7 Å². The van der Waals surface area contributed by atoms with E-state index in [-0.39, 0.29) is 4.87 Å². The summed E-state index contributed by atoms with van der Waals surface area (Å²) < 4.78 is 7.45. The van der Waals surface area contributed by atoms with Gasteiger partial charge in [-0.2, -0.15) is 4.98 Å². The molecule has 0 unspecified atom stereocenters. The molecular formula is C21H24ClN5O2S. The molecule has 1 fully saturated rings. The molecule has 7 nitrogen and oxygen atoms in total. The number of thiazole rings is 1. The highest BCUT2D eigenvalue weighted by molar-refractivity contribution is 7.09. The third kappa shape index (κ3) is 4.23. The van der Waals surface area contributed by atoms with Gasteiger partial charge in [0.2, 0.25) is 11.7 Å². The van der Waals surface area contributed by atoms with E-state index in [9.17, 15) is 4.79 Å². The summed E-state index contributed by atoms with van der Waals surface area (Å²) in [4.78, 5) is 23.1. The smallest absolute Gasteiger partial charge is 0.308 e. The maximum absolute atomic E-state index is 12.4. The first-order chi connectivity index (χ1) is 14.7. The summed E-state index contributed by atoms with van der Waals surface area (Å²) in [5.74, 6) is 1.21. The van der Waals surface area contributed by atoms with Crippen LogP contribution in [0.3, 0.4) is 0 Å². The number of halogens is 1. The Balaban J connectivity index is 1.17. The van der Waals surface area contributed by atoms with Crippen molar-refractivity contribution < 1.29 is 4.52 Å². The Hall–Kier alpha value is -2.00. The highest BCUT2D eigenvalue weighted by atomic mass is 35.5. The predicted octanol–water partition coefficient (Wildman–Crippen LogP) is 3.27. The maximum Gasteiger partial charge on any atom is 0.308 e. The first kappa shape index (κ1) is 19.9. The second-order valence-electron chi connectivity index (χ2n) is 7.93. The summed E-state index contributed by atoms with van der Waals surface area (Å²) in [6.45, 7) is 5.03. The van der Waals surface area contributed by atoms with Gasteiger partial charge in [-0.15, -0.1) is 0 Å². The fourth-order valence-electron chi connectivity index (χ4n) is 4.19. The zero-order valence-electron chi connectivity index (χ0n) is 16.7. The number of nitrogens with zero attached hydrogens (tertiary/aromatic N) is 5. The molecule has 0 atom stereocenters. The average molecular weight is 446 g/mol. The van der Waals surface area contributed by atoms with Crippen LogP contribution in [0.15, 0.2) is 33.6 Å². The van der Waals surface area contributed by atoms with Gasteiger partial charge in [0.15, 0.2) is 0 Å². The third-order valence-electron chi connectivity index (χ3n) is 5.88. The lowest BCUT2D eigenvalue weighted by atomic mass is 10.0. The van der Waals surface area contributed by atoms with Crippen LogP contribution < -0.4 is 4.87 Å². The molecular weight excluding hydrogens is 422 g/mol. The van der Waals surface area contributed by atoms with Crippen LogP contribution in [0.4, 0.5) is 0 Å². The van der Waals surface area contributed by atoms with Crippen LogP contribution >= 0.6 is 22.9 Å². The summed E-state index contributed by atoms with van der Waals surface area (Å²) in [5, 5.41) is 4.78. The molecule has 3 heterocycles. The van der Waals surface area contributed by atoms with Crippen molar-refractivity contribution in [1.29, 1.82) is 0 Å². The van der Waals surface area contributed by atoms with Crippen molar-refractivity contribution in [3.63, 3.8) is 0 Å². The van der Waals surface area contributed by atoms with E-state index >= 15 is 0 Å². The molecule has 2 aliphatic rings. The van der Waals surface area contributed by atoms with E-state index in [1.807, 2.05) is 28.8 Å². The predicted molar refractivity (Wildman–Crippen MR) is 117 cm³/mol. The van der Waals surface area contributed by atoms with Gasteiger partial charge in [-0.25, -0.2) is 0 Å². The minimum atomic E-state index is 0.199. The van der Waals surface area contributed by atoms with Gasteiger partial charge in [-0.05, 0) is 49.9 Å². The van der Waals surface area contributed by atoms with Gasteiger partial charge in [-0.1, -0.05) is 28.1 Å². The van der Waals surface area contributed by atoms with Crippen molar-refractivity contribution in [3.05, 3.63) is 55.4 Å². The molecule has 9 heteroatoms. The standard InChI is InChI=1S/C21H24ClN5O2S/c22-16-7-5-15(6-8-16)20-23-19(29-24-20)13-25-9-11-26(12-10-25)14-27-17-3-1-2-4-18(17)30-21(27)28/h5-8H,1-4,9-14H2. The molecule has 1 saturated heterocycles. The Kier molecular flexibility index (Phi) is 5.73. The molecule has 0 bridgehead atoms. The minimum Gasteiger partial charge on any atom is -0.338 e. The number of benzene rings is 1. The molecule has 3 aromatic rings. The van der Waals surface area contributed by atoms with E-state index in [4.69, 9.17) is 16.1 Å². The quantitative estimate of drug-likeness (QED) is 0.600. The number of aryl methyl sites for hydroxylation is 1. The van der Waals surface area contributed by atoms with Crippen molar-refractivity contribution in [2.75, 3.05) is 26.2 Å². The molecule has 5 rings (SSSR count). The van der Waals surface area contributed by atoms with Crippen molar-refractivity contribution in [3.8, 4) is 11.4 Å². The second-order valence-corrected chi connectivity index (χ2v) is 9.41. The lowest BCUT2D eigenvalue weighted by Gasteiger charge is -2.34. The van der Waals surface area contributed by atoms with E-state index in [0.717, 1.165) is 44.6 Å². The van der Waals surface area contributed by atoms with Gasteiger partial charge in [0, 0.05) is 47.3 Å². The topological polar surface area (TPSA) is 67.4 Å². The monoisotopic (exact) mass is 445 g/mol. The number of hydrogen-bond donors (Lipinski definition) is 0. The van der Waals surface area contributed by atoms with Crippen molar-refractivity contribution in [1.82, 2.24) is 24.5 Å². The first-order valence-corrected chi connectivity index (χ1v) is 11.6. The number of rotatable bonds is 5. The van der Waals surface area contributed by atoms with E-state index in [1.54, 1.807) is 0 Å². The van der Waals surface area contributed by atoms with Gasteiger partial charge in [-0.3, -0.25) is 19.2 Å². The molecule has 0 saturated carbocycles. The Morgan fingerprint density at radius 2 is 1.77 bits per heavy atom. The first-order valence-electron chi connectivity index (χ1n) is 10.4. The fourth-order valence-corrected chi connectivity index (χ4v) is 5.38. The molecule has 1 aromatic carbocycles. The summed E-state index contributed by atoms with van der Waals surface area (Å²) in [6, 6.07) is 7.42. The van der Waals surface area contributed by atoms with Crippen LogP contribution in [-0.2, 0) is 26.1 Å². The Bertz CT molecular complexity index is 1070. The molecule has 0 amide bonds. The fraction of sp³-hybridized carbons (Fsp3) is 0.476. The summed E-state index contributed by atoms with van der Waals surface area (Å²) in [5.41, 5.74) is 2.17. The van der Waals surface area contributed by atoms with Gasteiger partial charge in [0.25, 0.3) is 0 Å². The van der Waals surface area contributed by atoms with Crippen molar-refractivity contribution in [2.24, 2.45) is 0 Å². The summed E-state index contributed by atoms with van der Waals surface area (Å²) >= 11 is 7.38. The molecule has 1 aliphatic heterocycles. The number of aromatic nitrogens is 3. The lowest BCUT2D eigenvalue weighted by molar-refractivity contribution is 0.0936. The van der Waals surface area contributed by atoms with Crippen LogP contribution in [-0.4, -0.2) is 50.7 Å². The van der Waals surface area contributed by atoms with Crippen LogP contribution in [0, 0.1) is 0 Å². The largest absolute Gasteiger partial charge is 0.338 e. The Morgan fingerprint density at radius 3 is 2.57 bits per heavy atom. The zero-order chi connectivity index (χ0) is 20.5. The normalized spacial score (nSPS) is 17.9. The summed E-state index contributed by atoms with van der Waals surface area (Å²) in [6.07, 6.45) is 4.51. The maximum atomic E-state index is 12.4. The number of piperazine rings is 1. The molecule has 0 spiro atoms. The van der Waals surface area contributed by atoms with Crippen LogP contribution in [0.25, 0.3) is 11.4 Å². The minimum absolute atomic E-state index is 0.199. The molecule has 0 radical (unpaired) electrons. The SMILES string of the molecule is O=c1sc2c(n1CN1CCN(Cc3nc(-c4ccc(Cl)cc4)no3)CC1)CCCC2. The molecule has 30 heavy (non-hydrogen) atoms. The molecule has 1 aliphatic carbocycles. The number of hydrogen-bond acceptors (Lipinski definition) is 7. The highest BCUT2D eigenvalue weighted by Crippen LogP contribution is 2.24. The van der Waals surface area contributed by atoms with Crippen LogP contribution in [0.5, 0.6) is 0 Å². The van der Waals surface area contributed by atoms with Gasteiger partial charge in [0.1, 0.15) is 0 Å². The Morgan fingerprint density at radius 1 is 1.03 bits per heavy atom. The van der Waals surface area contributed by atoms with Gasteiger partial charge >= 0.3 is 4.87 Å². The van der Waals surface area contributed by atoms with Crippen LogP contribution in [0.2, 0.25) is 5.02 Å². The number of fused-ring (bicyclic) bond motifs is 1.